The summed E-state index contributed by atoms with van der Waals surface area (Å²) in [5.74, 6) is -0.576. The number of rotatable bonds is 9. The largest absolute Gasteiger partial charge is 0.495 e. The Morgan fingerprint density at radius 2 is 1.77 bits per heavy atom. The first kappa shape index (κ1) is 23.2. The SMILES string of the molecule is CNS(=O)(=O)c1cccc(C(C)C(=O)NC(CN2CCCC2)c2ccccc2)c1OC. The van der Waals surface area contributed by atoms with Gasteiger partial charge in [-0.05, 0) is 51.5 Å². The molecule has 0 aliphatic carbocycles. The molecule has 2 N–H and O–H groups in total. The van der Waals surface area contributed by atoms with Crippen molar-refractivity contribution in [1.82, 2.24) is 14.9 Å². The summed E-state index contributed by atoms with van der Waals surface area (Å²) in [6.07, 6.45) is 2.35. The predicted molar refractivity (Wildman–Crippen MR) is 121 cm³/mol. The number of sulfonamides is 1. The topological polar surface area (TPSA) is 87.7 Å². The third-order valence-electron chi connectivity index (χ3n) is 5.79. The summed E-state index contributed by atoms with van der Waals surface area (Å²) in [5, 5.41) is 3.18. The van der Waals surface area contributed by atoms with Gasteiger partial charge in [0.1, 0.15) is 10.6 Å². The molecular formula is C23H31N3O4S. The molecule has 0 bridgehead atoms. The first-order valence-corrected chi connectivity index (χ1v) is 12.0. The van der Waals surface area contributed by atoms with Crippen LogP contribution in [0, 0.1) is 0 Å². The van der Waals surface area contributed by atoms with Gasteiger partial charge in [-0.2, -0.15) is 0 Å². The van der Waals surface area contributed by atoms with Crippen molar-refractivity contribution in [3.05, 3.63) is 59.7 Å². The minimum absolute atomic E-state index is 0.0197. The molecule has 0 aromatic heterocycles. The highest BCUT2D eigenvalue weighted by Crippen LogP contribution is 2.33. The molecule has 0 radical (unpaired) electrons. The van der Waals surface area contributed by atoms with E-state index in [2.05, 4.69) is 14.9 Å². The first-order chi connectivity index (χ1) is 14.9. The summed E-state index contributed by atoms with van der Waals surface area (Å²) in [6, 6.07) is 14.6. The molecule has 3 rings (SSSR count). The molecule has 0 saturated carbocycles. The van der Waals surface area contributed by atoms with Crippen molar-refractivity contribution >= 4 is 15.9 Å². The van der Waals surface area contributed by atoms with Crippen LogP contribution in [0.3, 0.4) is 0 Å². The van der Waals surface area contributed by atoms with Crippen molar-refractivity contribution < 1.29 is 17.9 Å². The van der Waals surface area contributed by atoms with E-state index in [0.29, 0.717) is 5.56 Å². The average molecular weight is 446 g/mol. The Morgan fingerprint density at radius 3 is 2.39 bits per heavy atom. The maximum Gasteiger partial charge on any atom is 0.244 e. The molecule has 1 fully saturated rings. The number of ether oxygens (including phenoxy) is 1. The van der Waals surface area contributed by atoms with E-state index < -0.39 is 15.9 Å². The maximum atomic E-state index is 13.2. The van der Waals surface area contributed by atoms with Gasteiger partial charge in [0.05, 0.1) is 19.1 Å². The minimum atomic E-state index is -3.72. The van der Waals surface area contributed by atoms with Crippen molar-refractivity contribution in [1.29, 1.82) is 0 Å². The Balaban J connectivity index is 1.86. The molecule has 7 nitrogen and oxygen atoms in total. The Kier molecular flexibility index (Phi) is 7.69. The third kappa shape index (κ3) is 5.44. The summed E-state index contributed by atoms with van der Waals surface area (Å²) in [4.78, 5) is 15.6. The second-order valence-electron chi connectivity index (χ2n) is 7.79. The molecule has 1 heterocycles. The van der Waals surface area contributed by atoms with Gasteiger partial charge >= 0.3 is 0 Å². The van der Waals surface area contributed by atoms with Crippen LogP contribution in [0.15, 0.2) is 53.4 Å². The predicted octanol–water partition coefficient (Wildman–Crippen LogP) is 2.66. The first-order valence-electron chi connectivity index (χ1n) is 10.6. The second-order valence-corrected chi connectivity index (χ2v) is 9.64. The molecule has 2 aromatic rings. The number of methoxy groups -OCH3 is 1. The van der Waals surface area contributed by atoms with E-state index in [1.807, 2.05) is 30.3 Å². The van der Waals surface area contributed by atoms with Crippen LogP contribution < -0.4 is 14.8 Å². The molecule has 8 heteroatoms. The minimum Gasteiger partial charge on any atom is -0.495 e. The van der Waals surface area contributed by atoms with Crippen LogP contribution in [0.5, 0.6) is 5.75 Å². The number of carbonyl (C=O) groups is 1. The second kappa shape index (κ2) is 10.3. The van der Waals surface area contributed by atoms with E-state index in [0.717, 1.165) is 25.2 Å². The number of likely N-dealkylation sites (tertiary alicyclic amines) is 1. The van der Waals surface area contributed by atoms with Gasteiger partial charge in [-0.25, -0.2) is 13.1 Å². The summed E-state index contributed by atoms with van der Waals surface area (Å²) in [6.45, 7) is 4.58. The van der Waals surface area contributed by atoms with Crippen LogP contribution in [-0.2, 0) is 14.8 Å². The number of hydrogen-bond acceptors (Lipinski definition) is 5. The van der Waals surface area contributed by atoms with Gasteiger partial charge in [-0.15, -0.1) is 0 Å². The van der Waals surface area contributed by atoms with Gasteiger partial charge in [0.2, 0.25) is 15.9 Å². The van der Waals surface area contributed by atoms with Crippen molar-refractivity contribution in [3.63, 3.8) is 0 Å². The highest BCUT2D eigenvalue weighted by Gasteiger charge is 2.28. The van der Waals surface area contributed by atoms with E-state index in [9.17, 15) is 13.2 Å². The summed E-state index contributed by atoms with van der Waals surface area (Å²) >= 11 is 0. The van der Waals surface area contributed by atoms with Crippen LogP contribution in [0.2, 0.25) is 0 Å². The fourth-order valence-corrected chi connectivity index (χ4v) is 4.92. The van der Waals surface area contributed by atoms with Crippen LogP contribution in [0.25, 0.3) is 0 Å². The lowest BCUT2D eigenvalue weighted by atomic mass is 9.97. The number of benzene rings is 2. The van der Waals surface area contributed by atoms with E-state index in [4.69, 9.17) is 4.74 Å². The Hall–Kier alpha value is -2.42. The van der Waals surface area contributed by atoms with E-state index in [-0.39, 0.29) is 22.6 Å². The lowest BCUT2D eigenvalue weighted by molar-refractivity contribution is -0.123. The standard InChI is InChI=1S/C23H31N3O4S/c1-17(19-12-9-13-21(22(19)30-3)31(28,29)24-2)23(27)25-20(16-26-14-7-8-15-26)18-10-5-4-6-11-18/h4-6,9-13,17,20,24H,7-8,14-16H2,1-3H3,(H,25,27). The Bertz CT molecular complexity index is 989. The van der Waals surface area contributed by atoms with Crippen molar-refractivity contribution in [2.45, 2.75) is 36.6 Å². The number of carbonyl (C=O) groups excluding carboxylic acids is 1. The van der Waals surface area contributed by atoms with Gasteiger partial charge in [-0.3, -0.25) is 4.79 Å². The van der Waals surface area contributed by atoms with Gasteiger partial charge in [0, 0.05) is 12.1 Å². The maximum absolute atomic E-state index is 13.2. The van der Waals surface area contributed by atoms with Crippen LogP contribution in [0.1, 0.15) is 42.9 Å². The van der Waals surface area contributed by atoms with E-state index in [1.165, 1.54) is 33.1 Å². The number of amides is 1. The smallest absolute Gasteiger partial charge is 0.244 e. The quantitative estimate of drug-likeness (QED) is 0.620. The Morgan fingerprint density at radius 1 is 1.10 bits per heavy atom. The van der Waals surface area contributed by atoms with Gasteiger partial charge in [0.15, 0.2) is 0 Å². The fourth-order valence-electron chi connectivity index (χ4n) is 3.99. The summed E-state index contributed by atoms with van der Waals surface area (Å²) < 4.78 is 32.5. The van der Waals surface area contributed by atoms with Gasteiger partial charge in [-0.1, -0.05) is 42.5 Å². The van der Waals surface area contributed by atoms with Crippen molar-refractivity contribution in [2.24, 2.45) is 0 Å². The zero-order valence-corrected chi connectivity index (χ0v) is 19.1. The van der Waals surface area contributed by atoms with Crippen molar-refractivity contribution in [2.75, 3.05) is 33.8 Å². The highest BCUT2D eigenvalue weighted by atomic mass is 32.2. The van der Waals surface area contributed by atoms with E-state index in [1.54, 1.807) is 19.1 Å². The molecule has 2 unspecified atom stereocenters. The average Bonchev–Trinajstić information content (AvgIpc) is 3.31. The highest BCUT2D eigenvalue weighted by molar-refractivity contribution is 7.89. The number of nitrogens with zero attached hydrogens (tertiary/aromatic N) is 1. The molecule has 0 spiro atoms. The molecule has 1 aliphatic rings. The lowest BCUT2D eigenvalue weighted by Crippen LogP contribution is -2.38. The van der Waals surface area contributed by atoms with Crippen LogP contribution in [0.4, 0.5) is 0 Å². The van der Waals surface area contributed by atoms with E-state index >= 15 is 0 Å². The molecule has 168 valence electrons. The summed E-state index contributed by atoms with van der Waals surface area (Å²) in [5.41, 5.74) is 1.58. The monoisotopic (exact) mass is 445 g/mol. The molecule has 2 atom stereocenters. The zero-order valence-electron chi connectivity index (χ0n) is 18.3. The normalized spacial score (nSPS) is 16.6. The van der Waals surface area contributed by atoms with Gasteiger partial charge in [0.25, 0.3) is 0 Å². The molecule has 2 aromatic carbocycles. The summed E-state index contributed by atoms with van der Waals surface area (Å²) in [7, 11) is -0.955. The molecule has 1 aliphatic heterocycles. The molecule has 31 heavy (non-hydrogen) atoms. The zero-order chi connectivity index (χ0) is 22.4. The van der Waals surface area contributed by atoms with Gasteiger partial charge < -0.3 is 15.0 Å². The fraction of sp³-hybridized carbons (Fsp3) is 0.435. The Labute approximate surface area is 184 Å². The lowest BCUT2D eigenvalue weighted by Gasteiger charge is -2.27. The van der Waals surface area contributed by atoms with Crippen molar-refractivity contribution in [3.8, 4) is 5.75 Å². The molecular weight excluding hydrogens is 414 g/mol. The number of para-hydroxylation sites is 1. The third-order valence-corrected chi connectivity index (χ3v) is 7.23. The number of nitrogens with one attached hydrogen (secondary N) is 2. The molecule has 1 saturated heterocycles. The molecule has 1 amide bonds. The van der Waals surface area contributed by atoms with Crippen LogP contribution >= 0.6 is 0 Å². The van der Waals surface area contributed by atoms with Crippen LogP contribution in [-0.4, -0.2) is 53.0 Å². The number of hydrogen-bond donors (Lipinski definition) is 2.